The standard InChI is InChI=1S/C19H17ClN2O4S2/c1-4-26-18(24)14-13(11-5-7-12(20)8-6-11)10(3)27-17(14)22-16(23)15-9(2)21-19(25)28-15/h5-8H,4H2,1-3H3,(H,21,25)(H,22,23). The van der Waals surface area contributed by atoms with Gasteiger partial charge in [-0.05, 0) is 38.5 Å². The molecule has 9 heteroatoms. The second-order valence-electron chi connectivity index (χ2n) is 5.89. The molecule has 0 unspecified atom stereocenters. The lowest BCUT2D eigenvalue weighted by atomic mass is 10.0. The summed E-state index contributed by atoms with van der Waals surface area (Å²) in [6.07, 6.45) is 0. The van der Waals surface area contributed by atoms with Crippen molar-refractivity contribution < 1.29 is 14.3 Å². The number of aromatic amines is 1. The molecule has 2 aromatic heterocycles. The number of benzene rings is 1. The molecule has 3 rings (SSSR count). The Morgan fingerprint density at radius 2 is 1.86 bits per heavy atom. The number of rotatable bonds is 5. The summed E-state index contributed by atoms with van der Waals surface area (Å²) in [5, 5.41) is 3.73. The molecule has 0 aliphatic rings. The molecule has 0 aliphatic heterocycles. The van der Waals surface area contributed by atoms with E-state index in [0.29, 0.717) is 26.8 Å². The summed E-state index contributed by atoms with van der Waals surface area (Å²) in [5.74, 6) is -0.971. The maximum Gasteiger partial charge on any atom is 0.341 e. The zero-order valence-electron chi connectivity index (χ0n) is 15.3. The van der Waals surface area contributed by atoms with E-state index in [1.165, 1.54) is 11.3 Å². The van der Waals surface area contributed by atoms with E-state index in [-0.39, 0.29) is 16.4 Å². The number of carbonyl (C=O) groups is 2. The number of esters is 1. The Labute approximate surface area is 174 Å². The SMILES string of the molecule is CCOC(=O)c1c(NC(=O)c2sc(=O)[nH]c2C)sc(C)c1-c1ccc(Cl)cc1. The third-order valence-electron chi connectivity index (χ3n) is 3.95. The maximum absolute atomic E-state index is 12.7. The van der Waals surface area contributed by atoms with Gasteiger partial charge in [0.05, 0.1) is 6.61 Å². The minimum absolute atomic E-state index is 0.208. The number of hydrogen-bond donors (Lipinski definition) is 2. The van der Waals surface area contributed by atoms with Gasteiger partial charge < -0.3 is 15.0 Å². The number of nitrogens with one attached hydrogen (secondary N) is 2. The van der Waals surface area contributed by atoms with E-state index in [2.05, 4.69) is 10.3 Å². The molecule has 3 aromatic rings. The number of aromatic nitrogens is 1. The lowest BCUT2D eigenvalue weighted by Crippen LogP contribution is -2.14. The number of hydrogen-bond acceptors (Lipinski definition) is 6. The number of ether oxygens (including phenoxy) is 1. The molecular formula is C19H17ClN2O4S2. The Hall–Kier alpha value is -2.42. The van der Waals surface area contributed by atoms with Gasteiger partial charge in [0.15, 0.2) is 0 Å². The number of thiazole rings is 1. The predicted octanol–water partition coefficient (Wildman–Crippen LogP) is 4.86. The second kappa shape index (κ2) is 8.30. The topological polar surface area (TPSA) is 88.3 Å². The van der Waals surface area contributed by atoms with Gasteiger partial charge in [0.25, 0.3) is 5.91 Å². The van der Waals surface area contributed by atoms with E-state index in [1.807, 2.05) is 19.1 Å². The molecule has 0 radical (unpaired) electrons. The fourth-order valence-electron chi connectivity index (χ4n) is 2.78. The van der Waals surface area contributed by atoms with Gasteiger partial charge in [-0.15, -0.1) is 11.3 Å². The van der Waals surface area contributed by atoms with Crippen LogP contribution in [0.5, 0.6) is 0 Å². The van der Waals surface area contributed by atoms with Crippen LogP contribution in [0.3, 0.4) is 0 Å². The van der Waals surface area contributed by atoms with Crippen molar-refractivity contribution in [1.82, 2.24) is 4.98 Å². The normalized spacial score (nSPS) is 10.7. The average Bonchev–Trinajstić information content (AvgIpc) is 3.14. The molecule has 0 aliphatic carbocycles. The van der Waals surface area contributed by atoms with Crippen LogP contribution in [0.4, 0.5) is 5.00 Å². The maximum atomic E-state index is 12.7. The van der Waals surface area contributed by atoms with Gasteiger partial charge in [-0.3, -0.25) is 9.59 Å². The van der Waals surface area contributed by atoms with Crippen LogP contribution in [0.2, 0.25) is 5.02 Å². The molecule has 2 N–H and O–H groups in total. The van der Waals surface area contributed by atoms with E-state index >= 15 is 0 Å². The number of anilines is 1. The first-order valence-corrected chi connectivity index (χ1v) is 10.4. The van der Waals surface area contributed by atoms with Crippen molar-refractivity contribution in [2.75, 3.05) is 11.9 Å². The number of H-pyrrole nitrogens is 1. The van der Waals surface area contributed by atoms with Crippen LogP contribution in [0.25, 0.3) is 11.1 Å². The minimum Gasteiger partial charge on any atom is -0.462 e. The lowest BCUT2D eigenvalue weighted by Gasteiger charge is -2.09. The third kappa shape index (κ3) is 4.04. The lowest BCUT2D eigenvalue weighted by molar-refractivity contribution is 0.0529. The molecule has 0 spiro atoms. The third-order valence-corrected chi connectivity index (χ3v) is 6.21. The fourth-order valence-corrected chi connectivity index (χ4v) is 4.70. The molecule has 146 valence electrons. The van der Waals surface area contributed by atoms with Crippen molar-refractivity contribution in [1.29, 1.82) is 0 Å². The van der Waals surface area contributed by atoms with Crippen molar-refractivity contribution in [3.8, 4) is 11.1 Å². The van der Waals surface area contributed by atoms with Crippen LogP contribution in [0.1, 0.15) is 37.5 Å². The second-order valence-corrected chi connectivity index (χ2v) is 8.53. The van der Waals surface area contributed by atoms with Crippen molar-refractivity contribution in [2.45, 2.75) is 20.8 Å². The van der Waals surface area contributed by atoms with Crippen molar-refractivity contribution in [3.05, 3.63) is 60.0 Å². The van der Waals surface area contributed by atoms with Crippen LogP contribution >= 0.6 is 34.3 Å². The van der Waals surface area contributed by atoms with Gasteiger partial charge in [0, 0.05) is 21.2 Å². The summed E-state index contributed by atoms with van der Waals surface area (Å²) < 4.78 is 5.22. The van der Waals surface area contributed by atoms with Crippen LogP contribution in [0.15, 0.2) is 29.1 Å². The summed E-state index contributed by atoms with van der Waals surface area (Å²) in [7, 11) is 0. The van der Waals surface area contributed by atoms with E-state index in [1.54, 1.807) is 26.0 Å². The molecule has 2 heterocycles. The van der Waals surface area contributed by atoms with Crippen molar-refractivity contribution >= 4 is 51.2 Å². The van der Waals surface area contributed by atoms with Crippen molar-refractivity contribution in [3.63, 3.8) is 0 Å². The van der Waals surface area contributed by atoms with Gasteiger partial charge in [-0.1, -0.05) is 35.1 Å². The summed E-state index contributed by atoms with van der Waals surface area (Å²) >= 11 is 8.08. The Morgan fingerprint density at radius 1 is 1.18 bits per heavy atom. The zero-order chi connectivity index (χ0) is 20.4. The molecule has 0 saturated carbocycles. The first-order chi connectivity index (χ1) is 13.3. The highest BCUT2D eigenvalue weighted by Crippen LogP contribution is 2.41. The van der Waals surface area contributed by atoms with Gasteiger partial charge in [-0.25, -0.2) is 4.79 Å². The first kappa shape index (κ1) is 20.3. The predicted molar refractivity (Wildman–Crippen MR) is 113 cm³/mol. The van der Waals surface area contributed by atoms with Gasteiger partial charge in [0.2, 0.25) is 0 Å². The Balaban J connectivity index is 2.08. The Kier molecular flexibility index (Phi) is 6.02. The summed E-state index contributed by atoms with van der Waals surface area (Å²) in [5.41, 5.74) is 2.26. The molecule has 28 heavy (non-hydrogen) atoms. The molecule has 1 amide bonds. The number of thiophene rings is 1. The monoisotopic (exact) mass is 436 g/mol. The average molecular weight is 437 g/mol. The number of aryl methyl sites for hydroxylation is 2. The summed E-state index contributed by atoms with van der Waals surface area (Å²) in [6.45, 7) is 5.45. The van der Waals surface area contributed by atoms with Gasteiger partial charge >= 0.3 is 10.8 Å². The minimum atomic E-state index is -0.522. The highest BCUT2D eigenvalue weighted by Gasteiger charge is 2.26. The molecular weight excluding hydrogens is 420 g/mol. The van der Waals surface area contributed by atoms with Crippen LogP contribution in [-0.2, 0) is 4.74 Å². The molecule has 0 fully saturated rings. The van der Waals surface area contributed by atoms with Crippen molar-refractivity contribution in [2.24, 2.45) is 0 Å². The Morgan fingerprint density at radius 3 is 2.43 bits per heavy atom. The number of amides is 1. The van der Waals surface area contributed by atoms with Gasteiger partial charge in [0.1, 0.15) is 15.4 Å². The van der Waals surface area contributed by atoms with Crippen LogP contribution in [-0.4, -0.2) is 23.5 Å². The van der Waals surface area contributed by atoms with E-state index < -0.39 is 11.9 Å². The van der Waals surface area contributed by atoms with Gasteiger partial charge in [-0.2, -0.15) is 0 Å². The highest BCUT2D eigenvalue weighted by atomic mass is 35.5. The molecule has 0 saturated heterocycles. The molecule has 0 bridgehead atoms. The molecule has 1 aromatic carbocycles. The molecule has 0 atom stereocenters. The number of halogens is 1. The summed E-state index contributed by atoms with van der Waals surface area (Å²) in [4.78, 5) is 40.2. The van der Waals surface area contributed by atoms with Crippen LogP contribution in [0, 0.1) is 13.8 Å². The Bertz CT molecular complexity index is 1100. The van der Waals surface area contributed by atoms with E-state index in [0.717, 1.165) is 21.8 Å². The highest BCUT2D eigenvalue weighted by molar-refractivity contribution is 7.17. The number of carbonyl (C=O) groups excluding carboxylic acids is 2. The van der Waals surface area contributed by atoms with E-state index in [9.17, 15) is 14.4 Å². The van der Waals surface area contributed by atoms with E-state index in [4.69, 9.17) is 16.3 Å². The fraction of sp³-hybridized carbons (Fsp3) is 0.211. The summed E-state index contributed by atoms with van der Waals surface area (Å²) in [6, 6.07) is 7.10. The smallest absolute Gasteiger partial charge is 0.341 e. The zero-order valence-corrected chi connectivity index (χ0v) is 17.7. The largest absolute Gasteiger partial charge is 0.462 e. The molecule has 6 nitrogen and oxygen atoms in total. The van der Waals surface area contributed by atoms with Crippen LogP contribution < -0.4 is 10.2 Å². The first-order valence-electron chi connectivity index (χ1n) is 8.39. The quantitative estimate of drug-likeness (QED) is 0.559.